The molecule has 0 bridgehead atoms. The minimum atomic E-state index is -1.09. The Hall–Kier alpha value is -2.51. The number of nitrogens with one attached hydrogen (secondary N) is 1. The van der Waals surface area contributed by atoms with Crippen LogP contribution in [0.25, 0.3) is 5.52 Å². The quantitative estimate of drug-likeness (QED) is 0.738. The minimum Gasteiger partial charge on any atom is -0.348 e. The lowest BCUT2D eigenvalue weighted by molar-refractivity contribution is 0.0951. The molecule has 0 saturated carbocycles. The van der Waals surface area contributed by atoms with Crippen LogP contribution in [-0.4, -0.2) is 37.1 Å². The SMILES string of the molecule is O=C(NCc1ccc(S(=O)N2CCCCC2)cc1)c1ccn2nccc2c1. The highest BCUT2D eigenvalue weighted by atomic mass is 32.2. The number of benzene rings is 1. The fourth-order valence-electron chi connectivity index (χ4n) is 3.25. The zero-order valence-corrected chi connectivity index (χ0v) is 15.8. The average molecular weight is 382 g/mol. The highest BCUT2D eigenvalue weighted by Crippen LogP contribution is 2.17. The van der Waals surface area contributed by atoms with Crippen LogP contribution in [0.4, 0.5) is 0 Å². The van der Waals surface area contributed by atoms with Gasteiger partial charge in [0.2, 0.25) is 0 Å². The van der Waals surface area contributed by atoms with E-state index in [4.69, 9.17) is 0 Å². The Morgan fingerprint density at radius 2 is 1.85 bits per heavy atom. The Balaban J connectivity index is 1.36. The van der Waals surface area contributed by atoms with Gasteiger partial charge in [-0.2, -0.15) is 5.10 Å². The molecule has 1 amide bonds. The molecule has 27 heavy (non-hydrogen) atoms. The van der Waals surface area contributed by atoms with Gasteiger partial charge in [0.25, 0.3) is 5.91 Å². The largest absolute Gasteiger partial charge is 0.348 e. The van der Waals surface area contributed by atoms with Gasteiger partial charge in [-0.1, -0.05) is 18.6 Å². The standard InChI is InChI=1S/C20H22N4O2S/c25-20(17-9-13-24-18(14-17)8-10-22-24)21-15-16-4-6-19(7-5-16)27(26)23-11-2-1-3-12-23/h4-10,13-14H,1-3,11-12,15H2,(H,21,25). The van der Waals surface area contributed by atoms with Gasteiger partial charge in [0, 0.05) is 37.6 Å². The van der Waals surface area contributed by atoms with Crippen molar-refractivity contribution in [2.75, 3.05) is 13.1 Å². The Labute approximate surface area is 160 Å². The van der Waals surface area contributed by atoms with Gasteiger partial charge in [-0.05, 0) is 48.7 Å². The number of aromatic nitrogens is 2. The molecular formula is C20H22N4O2S. The molecule has 1 unspecified atom stereocenters. The zero-order chi connectivity index (χ0) is 18.6. The molecule has 1 aliphatic rings. The molecule has 1 fully saturated rings. The molecule has 3 aromatic rings. The van der Waals surface area contributed by atoms with Gasteiger partial charge >= 0.3 is 0 Å². The van der Waals surface area contributed by atoms with E-state index >= 15 is 0 Å². The predicted molar refractivity (Wildman–Crippen MR) is 105 cm³/mol. The lowest BCUT2D eigenvalue weighted by Gasteiger charge is -2.25. The second-order valence-corrected chi connectivity index (χ2v) is 8.17. The van der Waals surface area contributed by atoms with Crippen LogP contribution < -0.4 is 5.32 Å². The van der Waals surface area contributed by atoms with Crippen LogP contribution in [0.5, 0.6) is 0 Å². The topological polar surface area (TPSA) is 66.7 Å². The summed E-state index contributed by atoms with van der Waals surface area (Å²) in [7, 11) is -1.09. The first-order valence-electron chi connectivity index (χ1n) is 9.18. The number of piperidine rings is 1. The Kier molecular flexibility index (Phi) is 5.31. The average Bonchev–Trinajstić information content (AvgIpc) is 3.20. The molecule has 1 aliphatic heterocycles. The van der Waals surface area contributed by atoms with Crippen LogP contribution in [0, 0.1) is 0 Å². The summed E-state index contributed by atoms with van der Waals surface area (Å²) in [6.45, 7) is 2.22. The normalized spacial score (nSPS) is 16.3. The van der Waals surface area contributed by atoms with Crippen LogP contribution >= 0.6 is 0 Å². The third-order valence-corrected chi connectivity index (χ3v) is 6.30. The van der Waals surface area contributed by atoms with Crippen molar-refractivity contribution in [3.8, 4) is 0 Å². The van der Waals surface area contributed by atoms with Crippen molar-refractivity contribution in [1.29, 1.82) is 0 Å². The molecule has 0 radical (unpaired) electrons. The van der Waals surface area contributed by atoms with Crippen LogP contribution in [0.15, 0.2) is 59.8 Å². The third kappa shape index (κ3) is 4.09. The number of hydrogen-bond acceptors (Lipinski definition) is 3. The van der Waals surface area contributed by atoms with E-state index in [1.54, 1.807) is 23.0 Å². The first-order chi connectivity index (χ1) is 13.2. The predicted octanol–water partition coefficient (Wildman–Crippen LogP) is 2.77. The van der Waals surface area contributed by atoms with Crippen molar-refractivity contribution in [1.82, 2.24) is 19.2 Å². The lowest BCUT2D eigenvalue weighted by Crippen LogP contribution is -2.31. The second-order valence-electron chi connectivity index (χ2n) is 6.68. The Morgan fingerprint density at radius 3 is 2.63 bits per heavy atom. The molecule has 1 N–H and O–H groups in total. The number of nitrogens with zero attached hydrogens (tertiary/aromatic N) is 3. The molecule has 7 heteroatoms. The van der Waals surface area contributed by atoms with Gasteiger partial charge in [0.15, 0.2) is 0 Å². The smallest absolute Gasteiger partial charge is 0.251 e. The van der Waals surface area contributed by atoms with Crippen molar-refractivity contribution < 1.29 is 9.00 Å². The fraction of sp³-hybridized carbons (Fsp3) is 0.300. The van der Waals surface area contributed by atoms with Crippen LogP contribution in [0.1, 0.15) is 35.2 Å². The summed E-state index contributed by atoms with van der Waals surface area (Å²) in [5, 5.41) is 7.05. The fourth-order valence-corrected chi connectivity index (χ4v) is 4.51. The second kappa shape index (κ2) is 8.02. The number of rotatable bonds is 5. The first kappa shape index (κ1) is 17.9. The van der Waals surface area contributed by atoms with E-state index in [0.717, 1.165) is 41.9 Å². The summed E-state index contributed by atoms with van der Waals surface area (Å²) in [6, 6.07) is 13.1. The molecule has 1 atom stereocenters. The van der Waals surface area contributed by atoms with Gasteiger partial charge in [-0.15, -0.1) is 0 Å². The number of fused-ring (bicyclic) bond motifs is 1. The van der Waals surface area contributed by atoms with Crippen molar-refractivity contribution >= 4 is 22.4 Å². The summed E-state index contributed by atoms with van der Waals surface area (Å²) in [5.74, 6) is -0.125. The molecule has 140 valence electrons. The zero-order valence-electron chi connectivity index (χ0n) is 15.0. The van der Waals surface area contributed by atoms with Gasteiger partial charge in [0.05, 0.1) is 10.4 Å². The lowest BCUT2D eigenvalue weighted by atomic mass is 10.2. The van der Waals surface area contributed by atoms with Gasteiger partial charge in [-0.3, -0.25) is 4.79 Å². The number of amides is 1. The van der Waals surface area contributed by atoms with E-state index in [9.17, 15) is 9.00 Å². The Bertz CT molecular complexity index is 962. The molecule has 6 nitrogen and oxygen atoms in total. The van der Waals surface area contributed by atoms with Crippen molar-refractivity contribution in [2.45, 2.75) is 30.7 Å². The van der Waals surface area contributed by atoms with Gasteiger partial charge in [-0.25, -0.2) is 13.0 Å². The summed E-state index contributed by atoms with van der Waals surface area (Å²) < 4.78 is 16.4. The van der Waals surface area contributed by atoms with E-state index in [0.29, 0.717) is 12.1 Å². The van der Waals surface area contributed by atoms with Crippen LogP contribution in [0.2, 0.25) is 0 Å². The molecule has 2 aromatic heterocycles. The highest BCUT2D eigenvalue weighted by Gasteiger charge is 2.17. The molecule has 0 aliphatic carbocycles. The van der Waals surface area contributed by atoms with Gasteiger partial charge < -0.3 is 5.32 Å². The number of pyridine rings is 1. The maximum Gasteiger partial charge on any atom is 0.251 e. The third-order valence-electron chi connectivity index (χ3n) is 4.79. The molecular weight excluding hydrogens is 360 g/mol. The number of carbonyl (C=O) groups is 1. The van der Waals surface area contributed by atoms with Crippen molar-refractivity contribution in [3.05, 3.63) is 66.0 Å². The highest BCUT2D eigenvalue weighted by molar-refractivity contribution is 7.82. The summed E-state index contributed by atoms with van der Waals surface area (Å²) in [6.07, 6.45) is 6.92. The Morgan fingerprint density at radius 1 is 1.07 bits per heavy atom. The minimum absolute atomic E-state index is 0.125. The van der Waals surface area contributed by atoms with E-state index in [1.807, 2.05) is 40.7 Å². The molecule has 1 saturated heterocycles. The van der Waals surface area contributed by atoms with Crippen LogP contribution in [-0.2, 0) is 17.5 Å². The summed E-state index contributed by atoms with van der Waals surface area (Å²) in [5.41, 5.74) is 2.46. The van der Waals surface area contributed by atoms with E-state index in [-0.39, 0.29) is 5.91 Å². The number of carbonyl (C=O) groups excluding carboxylic acids is 1. The maximum absolute atomic E-state index is 12.6. The maximum atomic E-state index is 12.6. The molecule has 1 aromatic carbocycles. The molecule has 4 rings (SSSR count). The van der Waals surface area contributed by atoms with E-state index < -0.39 is 11.0 Å². The summed E-state index contributed by atoms with van der Waals surface area (Å²) >= 11 is 0. The summed E-state index contributed by atoms with van der Waals surface area (Å²) in [4.78, 5) is 13.2. The van der Waals surface area contributed by atoms with Crippen LogP contribution in [0.3, 0.4) is 0 Å². The van der Waals surface area contributed by atoms with Gasteiger partial charge in [0.1, 0.15) is 11.0 Å². The monoisotopic (exact) mass is 382 g/mol. The van der Waals surface area contributed by atoms with Crippen molar-refractivity contribution in [2.24, 2.45) is 0 Å². The van der Waals surface area contributed by atoms with E-state index in [1.165, 1.54) is 6.42 Å². The molecule has 3 heterocycles. The number of hydrogen-bond donors (Lipinski definition) is 1. The molecule has 0 spiro atoms. The first-order valence-corrected chi connectivity index (χ1v) is 10.3. The van der Waals surface area contributed by atoms with E-state index in [2.05, 4.69) is 10.4 Å². The van der Waals surface area contributed by atoms with Crippen molar-refractivity contribution in [3.63, 3.8) is 0 Å².